The largest absolute Gasteiger partial charge is 0.487 e. The van der Waals surface area contributed by atoms with Crippen LogP contribution in [0.15, 0.2) is 30.3 Å². The highest BCUT2D eigenvalue weighted by molar-refractivity contribution is 6.32. The van der Waals surface area contributed by atoms with Gasteiger partial charge in [0.15, 0.2) is 0 Å². The van der Waals surface area contributed by atoms with Crippen LogP contribution in [0.1, 0.15) is 5.56 Å². The molecule has 0 aromatic heterocycles. The fraction of sp³-hybridized carbons (Fsp3) is 0.200. The Morgan fingerprint density at radius 2 is 2.05 bits per heavy atom. The normalized spacial score (nSPS) is 16.9. The van der Waals surface area contributed by atoms with Gasteiger partial charge in [0.1, 0.15) is 17.7 Å². The van der Waals surface area contributed by atoms with E-state index in [0.717, 1.165) is 5.56 Å². The van der Waals surface area contributed by atoms with Gasteiger partial charge in [0.2, 0.25) is 0 Å². The first kappa shape index (κ1) is 13.7. The fourth-order valence-electron chi connectivity index (χ4n) is 2.40. The van der Waals surface area contributed by atoms with E-state index < -0.39 is 0 Å². The Labute approximate surface area is 126 Å². The van der Waals surface area contributed by atoms with Crippen molar-refractivity contribution >= 4 is 23.2 Å². The van der Waals surface area contributed by atoms with Crippen molar-refractivity contribution in [1.82, 2.24) is 0 Å². The van der Waals surface area contributed by atoms with Crippen LogP contribution in [0.25, 0.3) is 11.1 Å². The monoisotopic (exact) mass is 311 g/mol. The Kier molecular flexibility index (Phi) is 3.59. The second-order valence-electron chi connectivity index (χ2n) is 4.75. The minimum Gasteiger partial charge on any atom is -0.487 e. The van der Waals surface area contributed by atoms with Crippen LogP contribution >= 0.6 is 23.2 Å². The molecule has 2 nitrogen and oxygen atoms in total. The second-order valence-corrected chi connectivity index (χ2v) is 5.59. The van der Waals surface area contributed by atoms with Crippen molar-refractivity contribution in [1.29, 1.82) is 0 Å². The first-order valence-corrected chi connectivity index (χ1v) is 6.98. The lowest BCUT2D eigenvalue weighted by atomic mass is 10.0. The Morgan fingerprint density at radius 3 is 2.75 bits per heavy atom. The molecule has 1 aliphatic rings. The number of rotatable bonds is 2. The SMILES string of the molecule is NCC1Cc2cc(-c3ccc(Cl)cc3F)cc(Cl)c2O1. The number of halogens is 3. The van der Waals surface area contributed by atoms with Gasteiger partial charge in [0, 0.05) is 29.1 Å². The van der Waals surface area contributed by atoms with E-state index in [1.54, 1.807) is 18.2 Å². The summed E-state index contributed by atoms with van der Waals surface area (Å²) >= 11 is 12.0. The van der Waals surface area contributed by atoms with Crippen LogP contribution < -0.4 is 10.5 Å². The first-order chi connectivity index (χ1) is 9.58. The van der Waals surface area contributed by atoms with Crippen LogP contribution in [0.5, 0.6) is 5.75 Å². The molecule has 0 fully saturated rings. The zero-order valence-electron chi connectivity index (χ0n) is 10.5. The summed E-state index contributed by atoms with van der Waals surface area (Å²) in [6, 6.07) is 8.18. The number of hydrogen-bond donors (Lipinski definition) is 1. The molecule has 1 atom stereocenters. The summed E-state index contributed by atoms with van der Waals surface area (Å²) in [5.74, 6) is 0.281. The van der Waals surface area contributed by atoms with E-state index >= 15 is 0 Å². The smallest absolute Gasteiger partial charge is 0.141 e. The van der Waals surface area contributed by atoms with Gasteiger partial charge in [-0.15, -0.1) is 0 Å². The predicted octanol–water partition coefficient (Wildman–Crippen LogP) is 4.06. The Morgan fingerprint density at radius 1 is 1.25 bits per heavy atom. The standard InChI is InChI=1S/C15H12Cl2FNO/c16-10-1-2-12(14(18)6-10)8-3-9-4-11(7-19)20-15(9)13(17)5-8/h1-3,5-6,11H,4,7,19H2. The molecule has 0 bridgehead atoms. The first-order valence-electron chi connectivity index (χ1n) is 6.23. The van der Waals surface area contributed by atoms with E-state index in [2.05, 4.69) is 0 Å². The van der Waals surface area contributed by atoms with Gasteiger partial charge in [-0.2, -0.15) is 0 Å². The zero-order valence-corrected chi connectivity index (χ0v) is 12.0. The van der Waals surface area contributed by atoms with Crippen molar-refractivity contribution in [3.8, 4) is 16.9 Å². The molecule has 0 spiro atoms. The van der Waals surface area contributed by atoms with Crippen molar-refractivity contribution in [3.05, 3.63) is 51.8 Å². The van der Waals surface area contributed by atoms with E-state index in [4.69, 9.17) is 33.7 Å². The maximum Gasteiger partial charge on any atom is 0.141 e. The lowest BCUT2D eigenvalue weighted by Crippen LogP contribution is -2.24. The lowest BCUT2D eigenvalue weighted by Gasteiger charge is -2.09. The van der Waals surface area contributed by atoms with Crippen molar-refractivity contribution in [2.24, 2.45) is 5.73 Å². The zero-order chi connectivity index (χ0) is 14.3. The van der Waals surface area contributed by atoms with Gasteiger partial charge in [-0.25, -0.2) is 4.39 Å². The van der Waals surface area contributed by atoms with Crippen molar-refractivity contribution in [3.63, 3.8) is 0 Å². The molecule has 0 saturated heterocycles. The third kappa shape index (κ3) is 2.37. The molecule has 0 amide bonds. The topological polar surface area (TPSA) is 35.2 Å². The van der Waals surface area contributed by atoms with Crippen LogP contribution in [0.2, 0.25) is 10.0 Å². The Bertz CT molecular complexity index is 675. The van der Waals surface area contributed by atoms with Gasteiger partial charge in [-0.05, 0) is 35.9 Å². The Hall–Kier alpha value is -1.29. The molecule has 20 heavy (non-hydrogen) atoms. The number of ether oxygens (including phenoxy) is 1. The Balaban J connectivity index is 2.07. The minimum absolute atomic E-state index is 0.0622. The minimum atomic E-state index is -0.372. The number of hydrogen-bond acceptors (Lipinski definition) is 2. The third-order valence-corrected chi connectivity index (χ3v) is 3.87. The summed E-state index contributed by atoms with van der Waals surface area (Å²) in [4.78, 5) is 0. The van der Waals surface area contributed by atoms with Crippen LogP contribution in [0.3, 0.4) is 0 Å². The van der Waals surface area contributed by atoms with E-state index in [0.29, 0.717) is 39.9 Å². The maximum absolute atomic E-state index is 14.0. The molecule has 0 saturated carbocycles. The fourth-order valence-corrected chi connectivity index (χ4v) is 2.84. The molecule has 104 valence electrons. The molecule has 0 radical (unpaired) electrons. The quantitative estimate of drug-likeness (QED) is 0.907. The maximum atomic E-state index is 14.0. The van der Waals surface area contributed by atoms with Gasteiger partial charge >= 0.3 is 0 Å². The summed E-state index contributed by atoms with van der Waals surface area (Å²) in [6.45, 7) is 0.426. The highest BCUT2D eigenvalue weighted by atomic mass is 35.5. The van der Waals surface area contributed by atoms with Crippen molar-refractivity contribution in [2.45, 2.75) is 12.5 Å². The molecule has 2 aromatic rings. The van der Waals surface area contributed by atoms with Crippen molar-refractivity contribution < 1.29 is 9.13 Å². The van der Waals surface area contributed by atoms with Gasteiger partial charge in [0.25, 0.3) is 0 Å². The van der Waals surface area contributed by atoms with Gasteiger partial charge < -0.3 is 10.5 Å². The van der Waals surface area contributed by atoms with Gasteiger partial charge in [-0.1, -0.05) is 23.2 Å². The van der Waals surface area contributed by atoms with Crippen LogP contribution in [-0.2, 0) is 6.42 Å². The summed E-state index contributed by atoms with van der Waals surface area (Å²) in [7, 11) is 0. The average molecular weight is 312 g/mol. The second kappa shape index (κ2) is 5.24. The van der Waals surface area contributed by atoms with Gasteiger partial charge in [0.05, 0.1) is 5.02 Å². The van der Waals surface area contributed by atoms with E-state index in [-0.39, 0.29) is 11.9 Å². The summed E-state index contributed by atoms with van der Waals surface area (Å²) < 4.78 is 19.6. The highest BCUT2D eigenvalue weighted by Crippen LogP contribution is 2.40. The highest BCUT2D eigenvalue weighted by Gasteiger charge is 2.25. The van der Waals surface area contributed by atoms with Crippen LogP contribution in [0.4, 0.5) is 4.39 Å². The number of nitrogens with two attached hydrogens (primary N) is 1. The molecular formula is C15H12Cl2FNO. The molecule has 1 heterocycles. The summed E-state index contributed by atoms with van der Waals surface area (Å²) in [6.07, 6.45) is 0.627. The third-order valence-electron chi connectivity index (χ3n) is 3.36. The summed E-state index contributed by atoms with van der Waals surface area (Å²) in [5.41, 5.74) is 7.75. The van der Waals surface area contributed by atoms with Crippen LogP contribution in [0, 0.1) is 5.82 Å². The average Bonchev–Trinajstić information content (AvgIpc) is 2.82. The number of fused-ring (bicyclic) bond motifs is 1. The van der Waals surface area contributed by atoms with Crippen LogP contribution in [-0.4, -0.2) is 12.6 Å². The predicted molar refractivity (Wildman–Crippen MR) is 79.0 cm³/mol. The van der Waals surface area contributed by atoms with E-state index in [1.165, 1.54) is 6.07 Å². The van der Waals surface area contributed by atoms with E-state index in [1.807, 2.05) is 6.07 Å². The molecule has 5 heteroatoms. The molecule has 2 aromatic carbocycles. The molecule has 0 aliphatic carbocycles. The molecule has 3 rings (SSSR count). The molecule has 2 N–H and O–H groups in total. The lowest BCUT2D eigenvalue weighted by molar-refractivity contribution is 0.241. The molecule has 1 aliphatic heterocycles. The van der Waals surface area contributed by atoms with Gasteiger partial charge in [-0.3, -0.25) is 0 Å². The van der Waals surface area contributed by atoms with E-state index in [9.17, 15) is 4.39 Å². The molecular weight excluding hydrogens is 300 g/mol. The number of benzene rings is 2. The van der Waals surface area contributed by atoms with Crippen molar-refractivity contribution in [2.75, 3.05) is 6.54 Å². The molecule has 1 unspecified atom stereocenters. The summed E-state index contributed by atoms with van der Waals surface area (Å²) in [5, 5.41) is 0.841.